The number of carbonyl (C=O) groups excluding carboxylic acids is 3. The average molecular weight is 844 g/mol. The first-order valence-electron chi connectivity index (χ1n) is 20.9. The van der Waals surface area contributed by atoms with Gasteiger partial charge in [-0.2, -0.15) is 0 Å². The zero-order chi connectivity index (χ0) is 40.9. The van der Waals surface area contributed by atoms with Crippen LogP contribution in [0.5, 0.6) is 0 Å². The van der Waals surface area contributed by atoms with Crippen molar-refractivity contribution in [1.82, 2.24) is 23.9 Å². The third-order valence-electron chi connectivity index (χ3n) is 12.9. The first kappa shape index (κ1) is 41.6. The van der Waals surface area contributed by atoms with Crippen LogP contribution >= 0.6 is 23.7 Å². The number of pyridine rings is 1. The Morgan fingerprint density at radius 3 is 2.69 bits per heavy atom. The highest BCUT2D eigenvalue weighted by Crippen LogP contribution is 2.51. The molecule has 2 aromatic heterocycles. The Hall–Kier alpha value is -3.14. The number of hydrazine groups is 1. The number of aromatic nitrogens is 2. The van der Waals surface area contributed by atoms with Crippen LogP contribution in [0, 0.1) is 23.2 Å². The quantitative estimate of drug-likeness (QED) is 0.0962. The summed E-state index contributed by atoms with van der Waals surface area (Å²) in [4.78, 5) is 50.0. The fraction of sp³-hybridized carbons (Fsp3) is 0.591. The van der Waals surface area contributed by atoms with Crippen molar-refractivity contribution in [3.63, 3.8) is 0 Å². The zero-order valence-electron chi connectivity index (χ0n) is 34.9. The van der Waals surface area contributed by atoms with Gasteiger partial charge in [-0.15, -0.1) is 16.2 Å². The molecule has 14 heteroatoms. The van der Waals surface area contributed by atoms with Crippen molar-refractivity contribution in [2.75, 3.05) is 40.5 Å². The minimum Gasteiger partial charge on any atom is -0.465 e. The number of fused-ring (bicyclic) bond motifs is 4. The molecule has 0 N–H and O–H groups in total. The molecule has 0 spiro atoms. The van der Waals surface area contributed by atoms with E-state index in [0.717, 1.165) is 58.5 Å². The molecular weight excluding hydrogens is 787 g/mol. The molecule has 1 amide bonds. The van der Waals surface area contributed by atoms with Crippen LogP contribution in [0.3, 0.4) is 0 Å². The number of rotatable bonds is 8. The van der Waals surface area contributed by atoms with Gasteiger partial charge in [-0.1, -0.05) is 26.8 Å². The van der Waals surface area contributed by atoms with E-state index in [1.807, 2.05) is 35.5 Å². The second-order valence-corrected chi connectivity index (χ2v) is 20.9. The van der Waals surface area contributed by atoms with E-state index < -0.39 is 11.0 Å². The summed E-state index contributed by atoms with van der Waals surface area (Å²) in [5.41, 5.74) is 6.70. The third kappa shape index (κ3) is 8.05. The molecule has 1 aromatic carbocycles. The molecule has 6 bridgehead atoms. The number of methoxy groups -OCH3 is 1. The topological polar surface area (TPSA) is 106 Å². The molecule has 8 rings (SSSR count). The fourth-order valence-electron chi connectivity index (χ4n) is 9.30. The van der Waals surface area contributed by atoms with E-state index in [2.05, 4.69) is 67.0 Å². The van der Waals surface area contributed by atoms with Crippen molar-refractivity contribution in [3.8, 4) is 11.3 Å². The summed E-state index contributed by atoms with van der Waals surface area (Å²) < 4.78 is 22.1. The molecule has 7 atom stereocenters. The number of amides is 1. The second-order valence-electron chi connectivity index (χ2n) is 17.3. The molecule has 5 aliphatic rings. The number of benzene rings is 1. The van der Waals surface area contributed by atoms with Gasteiger partial charge in [0.15, 0.2) is 0 Å². The second kappa shape index (κ2) is 17.1. The number of carbonyl (C=O) groups is 3. The van der Waals surface area contributed by atoms with Crippen LogP contribution in [0.4, 0.5) is 0 Å². The van der Waals surface area contributed by atoms with Crippen LogP contribution in [-0.2, 0) is 41.6 Å². The zero-order valence-corrected chi connectivity index (χ0v) is 37.5. The lowest BCUT2D eigenvalue weighted by Crippen LogP contribution is -2.44. The van der Waals surface area contributed by atoms with Crippen molar-refractivity contribution < 1.29 is 28.6 Å². The predicted octanol–water partition coefficient (Wildman–Crippen LogP) is 7.77. The van der Waals surface area contributed by atoms with E-state index in [1.54, 1.807) is 30.8 Å². The van der Waals surface area contributed by atoms with Crippen molar-refractivity contribution in [2.24, 2.45) is 23.2 Å². The van der Waals surface area contributed by atoms with E-state index >= 15 is 0 Å². The minimum atomic E-state index is -0.464. The van der Waals surface area contributed by atoms with Crippen LogP contribution in [-0.4, -0.2) is 102 Å². The van der Waals surface area contributed by atoms with Gasteiger partial charge < -0.3 is 28.5 Å². The number of hydrogen-bond donors (Lipinski definition) is 0. The SMILES string of the molecule is CCn1c(-c2cccnc2[C@H](C)OC)c2c3cc(ccc31)C1=CSC(C[C@H]([Si]C(=O)C(C)C3CCOCC3)C(=O)N3CCC[C@@H](C(=O)OCC(C)(C)C2)C2SN23)N1C. The molecule has 11 nitrogen and oxygen atoms in total. The van der Waals surface area contributed by atoms with Gasteiger partial charge in [0.25, 0.3) is 0 Å². The Bertz CT molecular complexity index is 2090. The highest BCUT2D eigenvalue weighted by molar-refractivity contribution is 8.03. The van der Waals surface area contributed by atoms with Gasteiger partial charge in [-0.3, -0.25) is 19.6 Å². The maximum atomic E-state index is 14.8. The van der Waals surface area contributed by atoms with Gasteiger partial charge in [0, 0.05) is 80.0 Å². The summed E-state index contributed by atoms with van der Waals surface area (Å²) in [6.07, 6.45) is 5.94. The molecule has 0 saturated carbocycles. The van der Waals surface area contributed by atoms with Gasteiger partial charge in [0.05, 0.1) is 41.1 Å². The van der Waals surface area contributed by atoms with Crippen LogP contribution in [0.1, 0.15) is 89.6 Å². The fourth-order valence-corrected chi connectivity index (χ4v) is 13.2. The van der Waals surface area contributed by atoms with Gasteiger partial charge in [0.2, 0.25) is 5.91 Å². The number of cyclic esters (lactones) is 1. The summed E-state index contributed by atoms with van der Waals surface area (Å²) >= 11 is 3.28. The molecule has 3 aromatic rings. The van der Waals surface area contributed by atoms with Crippen molar-refractivity contribution in [3.05, 3.63) is 58.8 Å². The van der Waals surface area contributed by atoms with Gasteiger partial charge in [-0.25, -0.2) is 0 Å². The smallest absolute Gasteiger partial charge is 0.311 e. The Balaban J connectivity index is 1.20. The van der Waals surface area contributed by atoms with Gasteiger partial charge in [0.1, 0.15) is 20.3 Å². The molecule has 3 fully saturated rings. The molecule has 3 saturated heterocycles. The van der Waals surface area contributed by atoms with E-state index in [-0.39, 0.29) is 68.0 Å². The number of hydrogen-bond acceptors (Lipinski definition) is 11. The number of ether oxygens (including phenoxy) is 3. The average Bonchev–Trinajstić information content (AvgIpc) is 3.88. The summed E-state index contributed by atoms with van der Waals surface area (Å²) in [7, 11) is 3.71. The molecule has 5 aliphatic heterocycles. The molecule has 4 unspecified atom stereocenters. The third-order valence-corrected chi connectivity index (χ3v) is 16.8. The Morgan fingerprint density at radius 2 is 1.93 bits per heavy atom. The summed E-state index contributed by atoms with van der Waals surface area (Å²) in [6, 6.07) is 10.9. The lowest BCUT2D eigenvalue weighted by molar-refractivity contribution is -0.153. The Labute approximate surface area is 353 Å². The number of nitrogens with zero attached hydrogens (tertiary/aromatic N) is 5. The molecule has 0 aliphatic carbocycles. The first-order chi connectivity index (χ1) is 27.9. The highest BCUT2D eigenvalue weighted by Gasteiger charge is 2.54. The molecule has 58 heavy (non-hydrogen) atoms. The van der Waals surface area contributed by atoms with Crippen molar-refractivity contribution >= 4 is 67.1 Å². The monoisotopic (exact) mass is 843 g/mol. The van der Waals surface area contributed by atoms with Crippen LogP contribution in [0.2, 0.25) is 5.54 Å². The molecule has 310 valence electrons. The number of esters is 1. The first-order valence-corrected chi connectivity index (χ1v) is 23.8. The maximum absolute atomic E-state index is 14.8. The Kier molecular flexibility index (Phi) is 12.2. The Morgan fingerprint density at radius 1 is 1.14 bits per heavy atom. The summed E-state index contributed by atoms with van der Waals surface area (Å²) in [5, 5.41) is 5.25. The van der Waals surface area contributed by atoms with Crippen LogP contribution in [0.25, 0.3) is 27.9 Å². The summed E-state index contributed by atoms with van der Waals surface area (Å²) in [5.74, 6) is -0.389. The van der Waals surface area contributed by atoms with E-state index in [1.165, 1.54) is 5.56 Å². The van der Waals surface area contributed by atoms with Crippen molar-refractivity contribution in [2.45, 2.75) is 102 Å². The normalized spacial score (nSPS) is 27.6. The predicted molar refractivity (Wildman–Crippen MR) is 231 cm³/mol. The van der Waals surface area contributed by atoms with E-state index in [0.29, 0.717) is 45.4 Å². The van der Waals surface area contributed by atoms with Gasteiger partial charge in [-0.05, 0) is 111 Å². The van der Waals surface area contributed by atoms with Gasteiger partial charge >= 0.3 is 5.97 Å². The molecule has 2 radical (unpaired) electrons. The maximum Gasteiger partial charge on any atom is 0.311 e. The minimum absolute atomic E-state index is 0.00608. The lowest BCUT2D eigenvalue weighted by Gasteiger charge is -2.32. The largest absolute Gasteiger partial charge is 0.465 e. The molecular formula is C44H57N5O6S2Si. The van der Waals surface area contributed by atoms with E-state index in [9.17, 15) is 14.4 Å². The van der Waals surface area contributed by atoms with E-state index in [4.69, 9.17) is 19.2 Å². The number of thioether (sulfide) groups is 1. The van der Waals surface area contributed by atoms with Crippen molar-refractivity contribution in [1.29, 1.82) is 0 Å². The lowest BCUT2D eigenvalue weighted by atomic mass is 9.84. The summed E-state index contributed by atoms with van der Waals surface area (Å²) in [6.45, 7) is 13.5. The highest BCUT2D eigenvalue weighted by atomic mass is 32.2. The van der Waals surface area contributed by atoms with Crippen LogP contribution < -0.4 is 0 Å². The van der Waals surface area contributed by atoms with Crippen LogP contribution in [0.15, 0.2) is 41.9 Å². The molecule has 7 heterocycles. The standard InChI is InChI=1S/C44H57N5O6S2Si/c1-8-47-34-14-13-29-21-32(34)33(39(47)30-11-9-17-45-38(30)27(3)53-7)23-44(4,5)25-55-42(51)31-12-10-18-48(49-41(31)57-49)40(50)36(22-37-46(6)35(29)24-56-37)58-43(52)26(2)28-15-19-54-20-16-28/h9,11,13-14,17,21,24,26-28,31,36-37,41H,8,10,12,15-16,18-20,22-23,25H2,1-7H3/t26?,27-,31+,36-,37?,41?,49?/m0/s1. The number of aryl methyl sites for hydroxylation is 1.